The SMILES string of the molecule is Nc1ccc2cc(C(O)CO)cnc2c1. The van der Waals surface area contributed by atoms with E-state index >= 15 is 0 Å². The maximum absolute atomic E-state index is 9.43. The third kappa shape index (κ3) is 1.91. The number of nitrogens with two attached hydrogens (primary N) is 1. The molecule has 0 aliphatic heterocycles. The fraction of sp³-hybridized carbons (Fsp3) is 0.182. The highest BCUT2D eigenvalue weighted by Gasteiger charge is 2.06. The third-order valence-corrected chi connectivity index (χ3v) is 2.29. The first-order valence-electron chi connectivity index (χ1n) is 4.65. The van der Waals surface area contributed by atoms with E-state index in [1.54, 1.807) is 24.4 Å². The molecule has 78 valence electrons. The zero-order chi connectivity index (χ0) is 10.8. The molecule has 0 saturated heterocycles. The van der Waals surface area contributed by atoms with E-state index in [0.717, 1.165) is 10.9 Å². The molecular formula is C11H12N2O2. The number of aliphatic hydroxyl groups is 2. The van der Waals surface area contributed by atoms with E-state index in [2.05, 4.69) is 4.98 Å². The van der Waals surface area contributed by atoms with Crippen molar-refractivity contribution in [3.8, 4) is 0 Å². The van der Waals surface area contributed by atoms with Gasteiger partial charge in [0.1, 0.15) is 6.10 Å². The number of benzene rings is 1. The second-order valence-electron chi connectivity index (χ2n) is 3.42. The van der Waals surface area contributed by atoms with Crippen molar-refractivity contribution in [2.24, 2.45) is 0 Å². The van der Waals surface area contributed by atoms with E-state index in [1.165, 1.54) is 0 Å². The number of hydrogen-bond acceptors (Lipinski definition) is 4. The van der Waals surface area contributed by atoms with E-state index < -0.39 is 6.10 Å². The van der Waals surface area contributed by atoms with Crippen molar-refractivity contribution in [2.45, 2.75) is 6.10 Å². The molecule has 0 aliphatic rings. The van der Waals surface area contributed by atoms with E-state index in [9.17, 15) is 5.11 Å². The molecule has 4 heteroatoms. The largest absolute Gasteiger partial charge is 0.399 e. The minimum Gasteiger partial charge on any atom is -0.399 e. The van der Waals surface area contributed by atoms with Crippen molar-refractivity contribution in [1.29, 1.82) is 0 Å². The number of fused-ring (bicyclic) bond motifs is 1. The molecule has 1 aromatic heterocycles. The smallest absolute Gasteiger partial charge is 0.104 e. The molecular weight excluding hydrogens is 192 g/mol. The molecule has 2 aromatic rings. The first-order valence-corrected chi connectivity index (χ1v) is 4.65. The molecule has 15 heavy (non-hydrogen) atoms. The van der Waals surface area contributed by atoms with Gasteiger partial charge in [0.2, 0.25) is 0 Å². The Labute approximate surface area is 87.0 Å². The molecule has 0 bridgehead atoms. The zero-order valence-corrected chi connectivity index (χ0v) is 8.09. The first kappa shape index (κ1) is 9.89. The molecule has 4 N–H and O–H groups in total. The fourth-order valence-corrected chi connectivity index (χ4v) is 1.44. The lowest BCUT2D eigenvalue weighted by Gasteiger charge is -2.07. The maximum atomic E-state index is 9.43. The molecule has 0 amide bonds. The zero-order valence-electron chi connectivity index (χ0n) is 8.09. The minimum absolute atomic E-state index is 0.303. The quantitative estimate of drug-likeness (QED) is 0.633. The molecule has 1 unspecified atom stereocenters. The van der Waals surface area contributed by atoms with Crippen LogP contribution in [0.15, 0.2) is 30.5 Å². The number of nitrogens with zero attached hydrogens (tertiary/aromatic N) is 1. The van der Waals surface area contributed by atoms with Crippen LogP contribution < -0.4 is 5.73 Å². The van der Waals surface area contributed by atoms with Crippen LogP contribution in [0.3, 0.4) is 0 Å². The Hall–Kier alpha value is -1.65. The molecule has 4 nitrogen and oxygen atoms in total. The van der Waals surface area contributed by atoms with Crippen LogP contribution in [0.5, 0.6) is 0 Å². The maximum Gasteiger partial charge on any atom is 0.104 e. The van der Waals surface area contributed by atoms with Crippen LogP contribution in [0.1, 0.15) is 11.7 Å². The number of nitrogen functional groups attached to an aromatic ring is 1. The average Bonchev–Trinajstić information content (AvgIpc) is 2.27. The van der Waals surface area contributed by atoms with Crippen LogP contribution in [-0.4, -0.2) is 21.8 Å². The number of pyridine rings is 1. The van der Waals surface area contributed by atoms with Crippen molar-refractivity contribution in [3.05, 3.63) is 36.0 Å². The molecule has 0 radical (unpaired) electrons. The summed E-state index contributed by atoms with van der Waals surface area (Å²) in [6.45, 7) is -0.303. The number of rotatable bonds is 2. The molecule has 0 fully saturated rings. The predicted molar refractivity (Wildman–Crippen MR) is 58.2 cm³/mol. The predicted octanol–water partition coefficient (Wildman–Crippen LogP) is 0.843. The Morgan fingerprint density at radius 3 is 2.87 bits per heavy atom. The Bertz CT molecular complexity index is 485. The molecule has 2 rings (SSSR count). The van der Waals surface area contributed by atoms with Crippen LogP contribution in [0.25, 0.3) is 10.9 Å². The number of aromatic nitrogens is 1. The van der Waals surface area contributed by atoms with E-state index in [1.807, 2.05) is 6.07 Å². The molecule has 0 spiro atoms. The highest BCUT2D eigenvalue weighted by Crippen LogP contribution is 2.19. The van der Waals surface area contributed by atoms with Crippen LogP contribution in [-0.2, 0) is 0 Å². The van der Waals surface area contributed by atoms with Gasteiger partial charge in [-0.3, -0.25) is 4.98 Å². The van der Waals surface area contributed by atoms with Gasteiger partial charge in [-0.1, -0.05) is 6.07 Å². The summed E-state index contributed by atoms with van der Waals surface area (Å²) in [5.41, 5.74) is 7.66. The van der Waals surface area contributed by atoms with Gasteiger partial charge >= 0.3 is 0 Å². The summed E-state index contributed by atoms with van der Waals surface area (Å²) >= 11 is 0. The van der Waals surface area contributed by atoms with E-state index in [4.69, 9.17) is 10.8 Å². The Kier molecular flexibility index (Phi) is 2.53. The topological polar surface area (TPSA) is 79.4 Å². The summed E-state index contributed by atoms with van der Waals surface area (Å²) in [5, 5.41) is 19.1. The van der Waals surface area contributed by atoms with Crippen LogP contribution in [0.4, 0.5) is 5.69 Å². The van der Waals surface area contributed by atoms with E-state index in [0.29, 0.717) is 11.3 Å². The summed E-state index contributed by atoms with van der Waals surface area (Å²) in [7, 11) is 0. The highest BCUT2D eigenvalue weighted by atomic mass is 16.3. The highest BCUT2D eigenvalue weighted by molar-refractivity contribution is 5.82. The van der Waals surface area contributed by atoms with Gasteiger partial charge in [-0.05, 0) is 18.2 Å². The summed E-state index contributed by atoms with van der Waals surface area (Å²) in [4.78, 5) is 4.16. The second kappa shape index (κ2) is 3.84. The van der Waals surface area contributed by atoms with Gasteiger partial charge in [0, 0.05) is 22.8 Å². The summed E-state index contributed by atoms with van der Waals surface area (Å²) < 4.78 is 0. The molecule has 1 atom stereocenters. The van der Waals surface area contributed by atoms with Crippen molar-refractivity contribution in [1.82, 2.24) is 4.98 Å². The second-order valence-corrected chi connectivity index (χ2v) is 3.42. The minimum atomic E-state index is -0.876. The van der Waals surface area contributed by atoms with Gasteiger partial charge in [-0.15, -0.1) is 0 Å². The van der Waals surface area contributed by atoms with Gasteiger partial charge in [0.05, 0.1) is 12.1 Å². The Balaban J connectivity index is 2.52. The monoisotopic (exact) mass is 204 g/mol. The van der Waals surface area contributed by atoms with Gasteiger partial charge in [-0.2, -0.15) is 0 Å². The lowest BCUT2D eigenvalue weighted by Crippen LogP contribution is -2.02. The third-order valence-electron chi connectivity index (χ3n) is 2.29. The first-order chi connectivity index (χ1) is 7.20. The molecule has 1 heterocycles. The molecule has 1 aromatic carbocycles. The number of aliphatic hydroxyl groups excluding tert-OH is 2. The van der Waals surface area contributed by atoms with Crippen LogP contribution >= 0.6 is 0 Å². The average molecular weight is 204 g/mol. The lowest BCUT2D eigenvalue weighted by molar-refractivity contribution is 0.0955. The van der Waals surface area contributed by atoms with Crippen molar-refractivity contribution >= 4 is 16.6 Å². The number of hydrogen-bond donors (Lipinski definition) is 3. The van der Waals surface area contributed by atoms with Gasteiger partial charge < -0.3 is 15.9 Å². The standard InChI is InChI=1S/C11H12N2O2/c12-9-2-1-7-3-8(11(15)6-14)5-13-10(7)4-9/h1-5,11,14-15H,6,12H2. The Morgan fingerprint density at radius 1 is 1.33 bits per heavy atom. The van der Waals surface area contributed by atoms with Gasteiger partial charge in [0.15, 0.2) is 0 Å². The van der Waals surface area contributed by atoms with Crippen molar-refractivity contribution in [2.75, 3.05) is 12.3 Å². The van der Waals surface area contributed by atoms with Gasteiger partial charge in [0.25, 0.3) is 0 Å². The summed E-state index contributed by atoms with van der Waals surface area (Å²) in [5.74, 6) is 0. The van der Waals surface area contributed by atoms with Crippen LogP contribution in [0, 0.1) is 0 Å². The summed E-state index contributed by atoms with van der Waals surface area (Å²) in [6.07, 6.45) is 0.669. The van der Waals surface area contributed by atoms with Crippen LogP contribution in [0.2, 0.25) is 0 Å². The fourth-order valence-electron chi connectivity index (χ4n) is 1.44. The summed E-state index contributed by atoms with van der Waals surface area (Å²) in [6, 6.07) is 7.18. The normalized spacial score (nSPS) is 12.9. The number of anilines is 1. The van der Waals surface area contributed by atoms with Gasteiger partial charge in [-0.25, -0.2) is 0 Å². The van der Waals surface area contributed by atoms with Crippen molar-refractivity contribution < 1.29 is 10.2 Å². The van der Waals surface area contributed by atoms with Crippen molar-refractivity contribution in [3.63, 3.8) is 0 Å². The Morgan fingerprint density at radius 2 is 2.13 bits per heavy atom. The van der Waals surface area contributed by atoms with E-state index in [-0.39, 0.29) is 6.61 Å². The lowest BCUT2D eigenvalue weighted by atomic mass is 10.1. The molecule has 0 saturated carbocycles. The molecule has 0 aliphatic carbocycles.